The number of unbranched alkanes of at least 4 members (excludes halogenated alkanes) is 13. The molecule has 1 rings (SSSR count). The highest BCUT2D eigenvalue weighted by Crippen LogP contribution is 2.31. The van der Waals surface area contributed by atoms with Crippen molar-refractivity contribution < 1.29 is 0 Å². The summed E-state index contributed by atoms with van der Waals surface area (Å²) in [6.45, 7) is 2.30. The standard InChI is InChI=1S/C20H40/c1-2-3-4-5-6-7-8-9-10-11-12-13-14-15-17-20-18-16-19-20/h20H,2-19H2,1H3. The Bertz CT molecular complexity index is 180. The van der Waals surface area contributed by atoms with Crippen LogP contribution in [0.4, 0.5) is 0 Å². The Balaban J connectivity index is 1.62. The Labute approximate surface area is 129 Å². The van der Waals surface area contributed by atoms with Crippen molar-refractivity contribution in [3.63, 3.8) is 0 Å². The van der Waals surface area contributed by atoms with E-state index in [2.05, 4.69) is 6.92 Å². The second kappa shape index (κ2) is 14.0. The first-order chi connectivity index (χ1) is 9.93. The maximum absolute atomic E-state index is 2.30. The highest BCUT2D eigenvalue weighted by Gasteiger charge is 2.15. The van der Waals surface area contributed by atoms with Gasteiger partial charge in [0, 0.05) is 0 Å². The Kier molecular flexibility index (Phi) is 12.6. The van der Waals surface area contributed by atoms with Gasteiger partial charge in [0.05, 0.1) is 0 Å². The normalized spacial score (nSPS) is 15.4. The van der Waals surface area contributed by atoms with Crippen molar-refractivity contribution in [1.29, 1.82) is 0 Å². The fourth-order valence-electron chi connectivity index (χ4n) is 3.41. The van der Waals surface area contributed by atoms with Crippen LogP contribution in [0.15, 0.2) is 0 Å². The molecular formula is C20H40. The van der Waals surface area contributed by atoms with Crippen LogP contribution in [0.5, 0.6) is 0 Å². The summed E-state index contributed by atoms with van der Waals surface area (Å²) in [5, 5.41) is 0. The van der Waals surface area contributed by atoms with Crippen LogP contribution in [-0.2, 0) is 0 Å². The fraction of sp³-hybridized carbons (Fsp3) is 1.00. The fourth-order valence-corrected chi connectivity index (χ4v) is 3.41. The molecule has 0 atom stereocenters. The van der Waals surface area contributed by atoms with E-state index < -0.39 is 0 Å². The van der Waals surface area contributed by atoms with E-state index in [-0.39, 0.29) is 0 Å². The highest BCUT2D eigenvalue weighted by atomic mass is 14.2. The quantitative estimate of drug-likeness (QED) is 0.270. The van der Waals surface area contributed by atoms with E-state index >= 15 is 0 Å². The Morgan fingerprint density at radius 1 is 0.550 bits per heavy atom. The maximum atomic E-state index is 2.30. The molecule has 0 aromatic carbocycles. The average molecular weight is 281 g/mol. The van der Waals surface area contributed by atoms with Crippen LogP contribution in [0.3, 0.4) is 0 Å². The van der Waals surface area contributed by atoms with Crippen molar-refractivity contribution in [3.05, 3.63) is 0 Å². The van der Waals surface area contributed by atoms with Gasteiger partial charge in [-0.15, -0.1) is 0 Å². The lowest BCUT2D eigenvalue weighted by Crippen LogP contribution is -2.10. The third-order valence-corrected chi connectivity index (χ3v) is 5.19. The van der Waals surface area contributed by atoms with Gasteiger partial charge < -0.3 is 0 Å². The lowest BCUT2D eigenvalue weighted by Gasteiger charge is -2.24. The average Bonchev–Trinajstić information content (AvgIpc) is 2.41. The minimum Gasteiger partial charge on any atom is -0.0654 e. The zero-order valence-electron chi connectivity index (χ0n) is 14.3. The van der Waals surface area contributed by atoms with Crippen LogP contribution >= 0.6 is 0 Å². The molecule has 1 saturated carbocycles. The molecule has 0 aromatic heterocycles. The summed E-state index contributed by atoms with van der Waals surface area (Å²) < 4.78 is 0. The summed E-state index contributed by atoms with van der Waals surface area (Å²) in [6.07, 6.45) is 26.9. The molecule has 0 saturated heterocycles. The van der Waals surface area contributed by atoms with Crippen LogP contribution in [0.25, 0.3) is 0 Å². The van der Waals surface area contributed by atoms with Gasteiger partial charge in [-0.25, -0.2) is 0 Å². The van der Waals surface area contributed by atoms with E-state index in [1.165, 1.54) is 103 Å². The molecule has 0 amide bonds. The number of rotatable bonds is 15. The smallest absolute Gasteiger partial charge is 0.0414 e. The van der Waals surface area contributed by atoms with Gasteiger partial charge in [-0.05, 0) is 5.92 Å². The van der Waals surface area contributed by atoms with Crippen LogP contribution in [-0.4, -0.2) is 0 Å². The third-order valence-electron chi connectivity index (χ3n) is 5.19. The van der Waals surface area contributed by atoms with Crippen LogP contribution < -0.4 is 0 Å². The van der Waals surface area contributed by atoms with Gasteiger partial charge in [-0.1, -0.05) is 122 Å². The SMILES string of the molecule is CCCCCCCCCCCCCCCCC1CCC1. The van der Waals surface area contributed by atoms with Crippen LogP contribution in [0.1, 0.15) is 122 Å². The van der Waals surface area contributed by atoms with Crippen molar-refractivity contribution in [3.8, 4) is 0 Å². The molecule has 1 aliphatic carbocycles. The maximum Gasteiger partial charge on any atom is -0.0414 e. The zero-order chi connectivity index (χ0) is 14.3. The summed E-state index contributed by atoms with van der Waals surface area (Å²) >= 11 is 0. The second-order valence-electron chi connectivity index (χ2n) is 7.18. The van der Waals surface area contributed by atoms with Crippen molar-refractivity contribution in [2.75, 3.05) is 0 Å². The Morgan fingerprint density at radius 2 is 0.950 bits per heavy atom. The molecule has 0 nitrogen and oxygen atoms in total. The van der Waals surface area contributed by atoms with Gasteiger partial charge in [0.15, 0.2) is 0 Å². The highest BCUT2D eigenvalue weighted by molar-refractivity contribution is 4.69. The van der Waals surface area contributed by atoms with E-state index in [0.717, 1.165) is 5.92 Å². The molecule has 0 heterocycles. The summed E-state index contributed by atoms with van der Waals surface area (Å²) in [5.41, 5.74) is 0. The minimum absolute atomic E-state index is 1.13. The summed E-state index contributed by atoms with van der Waals surface area (Å²) in [5.74, 6) is 1.13. The topological polar surface area (TPSA) is 0 Å². The first-order valence-corrected chi connectivity index (χ1v) is 9.93. The van der Waals surface area contributed by atoms with Gasteiger partial charge in [0.25, 0.3) is 0 Å². The van der Waals surface area contributed by atoms with Gasteiger partial charge in [0.2, 0.25) is 0 Å². The zero-order valence-corrected chi connectivity index (χ0v) is 14.3. The molecule has 0 heteroatoms. The minimum atomic E-state index is 1.13. The lowest BCUT2D eigenvalue weighted by molar-refractivity contribution is 0.286. The van der Waals surface area contributed by atoms with Crippen molar-refractivity contribution >= 4 is 0 Å². The molecule has 0 spiro atoms. The van der Waals surface area contributed by atoms with Gasteiger partial charge in [-0.3, -0.25) is 0 Å². The molecule has 120 valence electrons. The van der Waals surface area contributed by atoms with E-state index in [1.807, 2.05) is 0 Å². The van der Waals surface area contributed by atoms with Crippen molar-refractivity contribution in [1.82, 2.24) is 0 Å². The lowest BCUT2D eigenvalue weighted by atomic mass is 9.81. The molecule has 1 fully saturated rings. The molecule has 0 radical (unpaired) electrons. The Morgan fingerprint density at radius 3 is 1.30 bits per heavy atom. The second-order valence-corrected chi connectivity index (χ2v) is 7.18. The predicted molar refractivity (Wildman–Crippen MR) is 92.3 cm³/mol. The first-order valence-electron chi connectivity index (χ1n) is 9.93. The van der Waals surface area contributed by atoms with Crippen molar-refractivity contribution in [2.45, 2.75) is 122 Å². The van der Waals surface area contributed by atoms with Gasteiger partial charge in [0.1, 0.15) is 0 Å². The van der Waals surface area contributed by atoms with Gasteiger partial charge >= 0.3 is 0 Å². The largest absolute Gasteiger partial charge is 0.0654 e. The summed E-state index contributed by atoms with van der Waals surface area (Å²) in [6, 6.07) is 0. The van der Waals surface area contributed by atoms with E-state index in [4.69, 9.17) is 0 Å². The van der Waals surface area contributed by atoms with Crippen LogP contribution in [0, 0.1) is 5.92 Å². The predicted octanol–water partition coefficient (Wildman–Crippen LogP) is 7.66. The molecular weight excluding hydrogens is 240 g/mol. The van der Waals surface area contributed by atoms with E-state index in [9.17, 15) is 0 Å². The molecule has 0 bridgehead atoms. The molecule has 0 aliphatic heterocycles. The summed E-state index contributed by atoms with van der Waals surface area (Å²) in [7, 11) is 0. The van der Waals surface area contributed by atoms with E-state index in [1.54, 1.807) is 12.8 Å². The molecule has 0 unspecified atom stereocenters. The molecule has 1 aliphatic rings. The monoisotopic (exact) mass is 280 g/mol. The van der Waals surface area contributed by atoms with Crippen molar-refractivity contribution in [2.24, 2.45) is 5.92 Å². The molecule has 0 aromatic rings. The number of hydrogen-bond acceptors (Lipinski definition) is 0. The molecule has 0 N–H and O–H groups in total. The van der Waals surface area contributed by atoms with E-state index in [0.29, 0.717) is 0 Å². The third kappa shape index (κ3) is 10.7. The first kappa shape index (κ1) is 18.1. The number of hydrogen-bond donors (Lipinski definition) is 0. The summed E-state index contributed by atoms with van der Waals surface area (Å²) in [4.78, 5) is 0. The van der Waals surface area contributed by atoms with Gasteiger partial charge in [-0.2, -0.15) is 0 Å². The van der Waals surface area contributed by atoms with Crippen LogP contribution in [0.2, 0.25) is 0 Å². The Hall–Kier alpha value is 0. The molecule has 20 heavy (non-hydrogen) atoms.